The second-order valence-corrected chi connectivity index (χ2v) is 11.0. The number of thioether (sulfide) groups is 1. The quantitative estimate of drug-likeness (QED) is 0.497. The number of piperazine rings is 1. The van der Waals surface area contributed by atoms with E-state index >= 15 is 0 Å². The van der Waals surface area contributed by atoms with Gasteiger partial charge in [0.15, 0.2) is 0 Å². The average molecular weight is 477 g/mol. The van der Waals surface area contributed by atoms with Crippen molar-refractivity contribution < 1.29 is 17.6 Å². The molecule has 0 bridgehead atoms. The fraction of sp³-hybridized carbons (Fsp3) is 0.227. The normalized spacial score (nSPS) is 15.2. The SMILES string of the molecule is O=C(c1ccccc1SCc1cccs1)N1CCN(S(=O)(=O)c2ccc(F)cc2)CC1. The number of amides is 1. The van der Waals surface area contributed by atoms with E-state index in [-0.39, 0.29) is 23.9 Å². The van der Waals surface area contributed by atoms with Gasteiger partial charge in [0.1, 0.15) is 5.82 Å². The van der Waals surface area contributed by atoms with Gasteiger partial charge in [-0.2, -0.15) is 4.31 Å². The number of hydrogen-bond acceptors (Lipinski definition) is 5. The Bertz CT molecular complexity index is 1140. The van der Waals surface area contributed by atoms with Crippen molar-refractivity contribution >= 4 is 39.0 Å². The van der Waals surface area contributed by atoms with Crippen molar-refractivity contribution in [1.82, 2.24) is 9.21 Å². The lowest BCUT2D eigenvalue weighted by Crippen LogP contribution is -2.50. The van der Waals surface area contributed by atoms with Crippen LogP contribution >= 0.6 is 23.1 Å². The summed E-state index contributed by atoms with van der Waals surface area (Å²) >= 11 is 3.31. The number of rotatable bonds is 6. The predicted octanol–water partition coefficient (Wildman–Crippen LogP) is 4.33. The smallest absolute Gasteiger partial charge is 0.255 e. The molecule has 0 atom stereocenters. The number of carbonyl (C=O) groups excluding carboxylic acids is 1. The van der Waals surface area contributed by atoms with Crippen LogP contribution in [0.15, 0.2) is 75.8 Å². The van der Waals surface area contributed by atoms with E-state index in [1.54, 1.807) is 28.0 Å². The molecule has 0 aliphatic carbocycles. The Kier molecular flexibility index (Phi) is 6.76. The summed E-state index contributed by atoms with van der Waals surface area (Å²) in [5, 5.41) is 2.03. The molecule has 1 aliphatic rings. The fourth-order valence-corrected chi connectivity index (χ4v) is 6.61. The summed E-state index contributed by atoms with van der Waals surface area (Å²) in [6.07, 6.45) is 0. The van der Waals surface area contributed by atoms with Crippen molar-refractivity contribution in [3.05, 3.63) is 82.3 Å². The van der Waals surface area contributed by atoms with Crippen LogP contribution in [0, 0.1) is 5.82 Å². The fourth-order valence-electron chi connectivity index (χ4n) is 3.37. The molecule has 0 saturated carbocycles. The van der Waals surface area contributed by atoms with Crippen LogP contribution in [-0.2, 0) is 15.8 Å². The number of carbonyl (C=O) groups is 1. The van der Waals surface area contributed by atoms with Gasteiger partial charge in [0.05, 0.1) is 10.5 Å². The van der Waals surface area contributed by atoms with Crippen molar-refractivity contribution in [2.45, 2.75) is 15.5 Å². The van der Waals surface area contributed by atoms with Gasteiger partial charge in [-0.25, -0.2) is 12.8 Å². The second-order valence-electron chi connectivity index (χ2n) is 7.01. The van der Waals surface area contributed by atoms with Crippen LogP contribution in [0.25, 0.3) is 0 Å². The zero-order chi connectivity index (χ0) is 21.8. The molecular formula is C22H21FN2O3S3. The largest absolute Gasteiger partial charge is 0.336 e. The van der Waals surface area contributed by atoms with E-state index in [4.69, 9.17) is 0 Å². The molecule has 0 N–H and O–H groups in total. The van der Waals surface area contributed by atoms with Crippen molar-refractivity contribution in [2.24, 2.45) is 0 Å². The van der Waals surface area contributed by atoms with Gasteiger partial charge >= 0.3 is 0 Å². The first-order chi connectivity index (χ1) is 14.9. The Balaban J connectivity index is 1.42. The molecule has 0 radical (unpaired) electrons. The molecule has 1 aromatic heterocycles. The van der Waals surface area contributed by atoms with Gasteiger partial charge in [-0.15, -0.1) is 23.1 Å². The minimum Gasteiger partial charge on any atom is -0.336 e. The highest BCUT2D eigenvalue weighted by atomic mass is 32.2. The lowest BCUT2D eigenvalue weighted by atomic mass is 10.2. The summed E-state index contributed by atoms with van der Waals surface area (Å²) in [5.41, 5.74) is 0.638. The molecule has 5 nitrogen and oxygen atoms in total. The number of benzene rings is 2. The van der Waals surface area contributed by atoms with Crippen molar-refractivity contribution in [1.29, 1.82) is 0 Å². The van der Waals surface area contributed by atoms with Crippen LogP contribution in [0.5, 0.6) is 0 Å². The van der Waals surface area contributed by atoms with Gasteiger partial charge in [-0.3, -0.25) is 4.79 Å². The van der Waals surface area contributed by atoms with Crippen LogP contribution in [0.4, 0.5) is 4.39 Å². The lowest BCUT2D eigenvalue weighted by Gasteiger charge is -2.34. The van der Waals surface area contributed by atoms with Gasteiger partial charge in [-0.1, -0.05) is 18.2 Å². The van der Waals surface area contributed by atoms with E-state index in [1.807, 2.05) is 35.7 Å². The van der Waals surface area contributed by atoms with E-state index < -0.39 is 15.8 Å². The molecule has 2 aromatic carbocycles. The monoisotopic (exact) mass is 476 g/mol. The molecule has 31 heavy (non-hydrogen) atoms. The topological polar surface area (TPSA) is 57.7 Å². The molecule has 2 heterocycles. The van der Waals surface area contributed by atoms with Crippen LogP contribution in [0.3, 0.4) is 0 Å². The molecule has 3 aromatic rings. The number of sulfonamides is 1. The van der Waals surface area contributed by atoms with Gasteiger partial charge in [0, 0.05) is 41.7 Å². The Hall–Kier alpha value is -2.20. The van der Waals surface area contributed by atoms with E-state index in [0.717, 1.165) is 22.8 Å². The summed E-state index contributed by atoms with van der Waals surface area (Å²) in [6.45, 7) is 1.03. The maximum absolute atomic E-state index is 13.2. The average Bonchev–Trinajstić information content (AvgIpc) is 3.31. The third-order valence-corrected chi connectivity index (χ3v) is 9.14. The maximum atomic E-state index is 13.2. The first-order valence-electron chi connectivity index (χ1n) is 9.74. The van der Waals surface area contributed by atoms with Crippen molar-refractivity contribution in [2.75, 3.05) is 26.2 Å². The van der Waals surface area contributed by atoms with E-state index in [1.165, 1.54) is 21.3 Å². The summed E-state index contributed by atoms with van der Waals surface area (Å²) in [6, 6.07) is 16.4. The standard InChI is InChI=1S/C22H21FN2O3S3/c23-17-7-9-19(10-8-17)31(27,28)25-13-11-24(12-14-25)22(26)20-5-1-2-6-21(20)30-16-18-4-3-15-29-18/h1-10,15H,11-14,16H2. The molecule has 0 spiro atoms. The van der Waals surface area contributed by atoms with E-state index in [9.17, 15) is 17.6 Å². The summed E-state index contributed by atoms with van der Waals surface area (Å²) < 4.78 is 40.1. The van der Waals surface area contributed by atoms with E-state index in [2.05, 4.69) is 6.07 Å². The first-order valence-corrected chi connectivity index (χ1v) is 13.0. The van der Waals surface area contributed by atoms with Crippen LogP contribution in [0.1, 0.15) is 15.2 Å². The lowest BCUT2D eigenvalue weighted by molar-refractivity contribution is 0.0694. The van der Waals surface area contributed by atoms with Crippen molar-refractivity contribution in [3.8, 4) is 0 Å². The minimum absolute atomic E-state index is 0.0593. The summed E-state index contributed by atoms with van der Waals surface area (Å²) in [4.78, 5) is 17.1. The summed E-state index contributed by atoms with van der Waals surface area (Å²) in [5.74, 6) is 0.226. The summed E-state index contributed by atoms with van der Waals surface area (Å²) in [7, 11) is -3.71. The molecular weight excluding hydrogens is 455 g/mol. The third-order valence-electron chi connectivity index (χ3n) is 5.04. The molecule has 1 aliphatic heterocycles. The highest BCUT2D eigenvalue weighted by molar-refractivity contribution is 7.98. The van der Waals surface area contributed by atoms with Gasteiger partial charge in [0.25, 0.3) is 5.91 Å². The predicted molar refractivity (Wildman–Crippen MR) is 121 cm³/mol. The maximum Gasteiger partial charge on any atom is 0.255 e. The Labute approximate surface area is 189 Å². The molecule has 1 saturated heterocycles. The number of thiophene rings is 1. The van der Waals surface area contributed by atoms with Gasteiger partial charge in [0.2, 0.25) is 10.0 Å². The first kappa shape index (κ1) is 22.0. The van der Waals surface area contributed by atoms with Crippen molar-refractivity contribution in [3.63, 3.8) is 0 Å². The molecule has 0 unspecified atom stereocenters. The zero-order valence-corrected chi connectivity index (χ0v) is 19.1. The Morgan fingerprint density at radius 1 is 0.968 bits per heavy atom. The van der Waals surface area contributed by atoms with Crippen LogP contribution in [-0.4, -0.2) is 49.7 Å². The van der Waals surface area contributed by atoms with Crippen LogP contribution in [0.2, 0.25) is 0 Å². The number of nitrogens with zero attached hydrogens (tertiary/aromatic N) is 2. The molecule has 4 rings (SSSR count). The third kappa shape index (κ3) is 5.01. The molecule has 1 amide bonds. The zero-order valence-electron chi connectivity index (χ0n) is 16.6. The van der Waals surface area contributed by atoms with Crippen LogP contribution < -0.4 is 0 Å². The second kappa shape index (κ2) is 9.52. The highest BCUT2D eigenvalue weighted by Gasteiger charge is 2.31. The molecule has 162 valence electrons. The minimum atomic E-state index is -3.71. The number of halogens is 1. The van der Waals surface area contributed by atoms with Gasteiger partial charge in [-0.05, 0) is 47.8 Å². The molecule has 9 heteroatoms. The Morgan fingerprint density at radius 3 is 2.35 bits per heavy atom. The highest BCUT2D eigenvalue weighted by Crippen LogP contribution is 2.29. The molecule has 1 fully saturated rings. The van der Waals surface area contributed by atoms with E-state index in [0.29, 0.717) is 18.7 Å². The van der Waals surface area contributed by atoms with Gasteiger partial charge < -0.3 is 4.90 Å². The Morgan fingerprint density at radius 2 is 1.68 bits per heavy atom. The number of hydrogen-bond donors (Lipinski definition) is 0.